The molecule has 2 aromatic carbocycles. The second-order valence-corrected chi connectivity index (χ2v) is 9.16. The highest BCUT2D eigenvalue weighted by Crippen LogP contribution is 2.44. The van der Waals surface area contributed by atoms with Crippen molar-refractivity contribution in [1.29, 1.82) is 0 Å². The Hall–Kier alpha value is -3.39. The molecule has 0 aromatic heterocycles. The second-order valence-electron chi connectivity index (χ2n) is 9.16. The van der Waals surface area contributed by atoms with E-state index in [4.69, 9.17) is 14.6 Å². The largest absolute Gasteiger partial charge is 0.481 e. The van der Waals surface area contributed by atoms with Crippen molar-refractivity contribution in [3.8, 4) is 11.1 Å². The number of amides is 2. The Morgan fingerprint density at radius 2 is 1.71 bits per heavy atom. The van der Waals surface area contributed by atoms with Gasteiger partial charge in [0.1, 0.15) is 12.6 Å². The zero-order valence-corrected chi connectivity index (χ0v) is 19.9. The fourth-order valence-corrected chi connectivity index (χ4v) is 5.02. The molecular formula is C27H32N2O6. The van der Waals surface area contributed by atoms with Crippen molar-refractivity contribution in [3.05, 3.63) is 59.7 Å². The van der Waals surface area contributed by atoms with Crippen molar-refractivity contribution < 1.29 is 29.0 Å². The summed E-state index contributed by atoms with van der Waals surface area (Å²) < 4.78 is 11.1. The van der Waals surface area contributed by atoms with Gasteiger partial charge in [-0.3, -0.25) is 9.59 Å². The number of ether oxygens (including phenoxy) is 2. The van der Waals surface area contributed by atoms with E-state index in [9.17, 15) is 14.4 Å². The summed E-state index contributed by atoms with van der Waals surface area (Å²) in [5.74, 6) is -1.36. The minimum atomic E-state index is -1.04. The van der Waals surface area contributed by atoms with E-state index in [0.29, 0.717) is 13.2 Å². The number of hydrogen-bond donors (Lipinski definition) is 3. The van der Waals surface area contributed by atoms with Crippen LogP contribution in [0.5, 0.6) is 0 Å². The maximum atomic E-state index is 13.0. The first-order chi connectivity index (χ1) is 17.0. The Morgan fingerprint density at radius 1 is 1.06 bits per heavy atom. The minimum Gasteiger partial charge on any atom is -0.481 e. The highest BCUT2D eigenvalue weighted by Gasteiger charge is 2.33. The molecule has 0 saturated carbocycles. The molecule has 0 radical (unpaired) electrons. The van der Waals surface area contributed by atoms with Gasteiger partial charge in [0, 0.05) is 18.3 Å². The van der Waals surface area contributed by atoms with Gasteiger partial charge in [-0.1, -0.05) is 61.9 Å². The summed E-state index contributed by atoms with van der Waals surface area (Å²) in [7, 11) is 0. The molecule has 8 heteroatoms. The van der Waals surface area contributed by atoms with Crippen molar-refractivity contribution in [2.24, 2.45) is 5.92 Å². The Kier molecular flexibility index (Phi) is 8.02. The first-order valence-corrected chi connectivity index (χ1v) is 12.2. The molecule has 3 N–H and O–H groups in total. The molecule has 1 aliphatic carbocycles. The van der Waals surface area contributed by atoms with Crippen LogP contribution in [0.3, 0.4) is 0 Å². The highest BCUT2D eigenvalue weighted by molar-refractivity contribution is 5.86. The topological polar surface area (TPSA) is 114 Å². The average Bonchev–Trinajstić information content (AvgIpc) is 3.42. The van der Waals surface area contributed by atoms with Crippen LogP contribution < -0.4 is 10.6 Å². The number of hydrogen-bond acceptors (Lipinski definition) is 5. The number of carboxylic acid groups (broad SMARTS) is 1. The van der Waals surface area contributed by atoms with Crippen LogP contribution in [0.4, 0.5) is 4.79 Å². The van der Waals surface area contributed by atoms with Crippen molar-refractivity contribution >= 4 is 18.0 Å². The molecule has 3 unspecified atom stereocenters. The van der Waals surface area contributed by atoms with E-state index in [1.54, 1.807) is 0 Å². The third-order valence-electron chi connectivity index (χ3n) is 6.78. The molecule has 3 atom stereocenters. The molecule has 2 aromatic rings. The van der Waals surface area contributed by atoms with E-state index >= 15 is 0 Å². The molecular weight excluding hydrogens is 448 g/mol. The third-order valence-corrected chi connectivity index (χ3v) is 6.78. The van der Waals surface area contributed by atoms with Gasteiger partial charge in [-0.05, 0) is 35.1 Å². The van der Waals surface area contributed by atoms with Crippen molar-refractivity contribution in [3.63, 3.8) is 0 Å². The zero-order chi connectivity index (χ0) is 24.8. The summed E-state index contributed by atoms with van der Waals surface area (Å²) >= 11 is 0. The first-order valence-electron chi connectivity index (χ1n) is 12.2. The Balaban J connectivity index is 1.39. The van der Waals surface area contributed by atoms with E-state index in [-0.39, 0.29) is 37.3 Å². The highest BCUT2D eigenvalue weighted by atomic mass is 16.5. The Labute approximate surface area is 205 Å². The van der Waals surface area contributed by atoms with Crippen LogP contribution >= 0.6 is 0 Å². The van der Waals surface area contributed by atoms with E-state index in [1.807, 2.05) is 36.4 Å². The number of rotatable bonds is 10. The van der Waals surface area contributed by atoms with E-state index in [2.05, 4.69) is 29.7 Å². The lowest BCUT2D eigenvalue weighted by Crippen LogP contribution is -2.51. The lowest BCUT2D eigenvalue weighted by Gasteiger charge is -2.23. The summed E-state index contributed by atoms with van der Waals surface area (Å²) in [4.78, 5) is 36.8. The third kappa shape index (κ3) is 5.82. The van der Waals surface area contributed by atoms with Crippen LogP contribution in [-0.2, 0) is 19.1 Å². The number of carbonyl (C=O) groups is 3. The minimum absolute atomic E-state index is 0.0304. The smallest absolute Gasteiger partial charge is 0.407 e. The molecule has 4 rings (SSSR count). The van der Waals surface area contributed by atoms with Gasteiger partial charge in [0.25, 0.3) is 0 Å². The summed E-state index contributed by atoms with van der Waals surface area (Å²) in [6.45, 7) is 3.18. The maximum Gasteiger partial charge on any atom is 0.407 e. The Bertz CT molecular complexity index is 1030. The van der Waals surface area contributed by atoms with Crippen LogP contribution in [0.2, 0.25) is 0 Å². The SMILES string of the molecule is CCCC1COCC1NC(=O)C(CCC(=O)O)NC(=O)OCC1c2ccccc2-c2ccccc21. The quantitative estimate of drug-likeness (QED) is 0.478. The summed E-state index contributed by atoms with van der Waals surface area (Å²) in [5, 5.41) is 14.6. The standard InChI is InChI=1S/C27H32N2O6/c1-2-7-17-14-34-16-24(17)28-26(32)23(12-13-25(30)31)29-27(33)35-15-22-20-10-5-3-8-18(20)19-9-4-6-11-21(19)22/h3-6,8-11,17,22-24H,2,7,12-16H2,1H3,(H,28,32)(H,29,33)(H,30,31). The maximum absolute atomic E-state index is 13.0. The summed E-state index contributed by atoms with van der Waals surface area (Å²) in [5.41, 5.74) is 4.42. The van der Waals surface area contributed by atoms with Gasteiger partial charge >= 0.3 is 12.1 Å². The number of nitrogens with one attached hydrogen (secondary N) is 2. The van der Waals surface area contributed by atoms with Crippen LogP contribution in [-0.4, -0.2) is 55.0 Å². The molecule has 35 heavy (non-hydrogen) atoms. The van der Waals surface area contributed by atoms with E-state index < -0.39 is 24.0 Å². The normalized spacial score (nSPS) is 19.5. The number of fused-ring (bicyclic) bond motifs is 3. The number of alkyl carbamates (subject to hydrolysis) is 1. The number of carbonyl (C=O) groups excluding carboxylic acids is 2. The van der Waals surface area contributed by atoms with Gasteiger partial charge < -0.3 is 25.2 Å². The van der Waals surface area contributed by atoms with Crippen molar-refractivity contribution in [2.45, 2.75) is 50.6 Å². The summed E-state index contributed by atoms with van der Waals surface area (Å²) in [6.07, 6.45) is 0.870. The Morgan fingerprint density at radius 3 is 2.34 bits per heavy atom. The zero-order valence-electron chi connectivity index (χ0n) is 19.9. The van der Waals surface area contributed by atoms with Gasteiger partial charge in [0.15, 0.2) is 0 Å². The van der Waals surface area contributed by atoms with Gasteiger partial charge in [-0.2, -0.15) is 0 Å². The van der Waals surface area contributed by atoms with Crippen LogP contribution in [0, 0.1) is 5.92 Å². The molecule has 2 aliphatic rings. The predicted molar refractivity (Wildman–Crippen MR) is 130 cm³/mol. The molecule has 1 fully saturated rings. The molecule has 0 bridgehead atoms. The fraction of sp³-hybridized carbons (Fsp3) is 0.444. The van der Waals surface area contributed by atoms with Crippen LogP contribution in [0.15, 0.2) is 48.5 Å². The predicted octanol–water partition coefficient (Wildman–Crippen LogP) is 3.69. The summed E-state index contributed by atoms with van der Waals surface area (Å²) in [6, 6.07) is 14.9. The molecule has 1 saturated heterocycles. The van der Waals surface area contributed by atoms with Gasteiger partial charge in [-0.25, -0.2) is 4.79 Å². The van der Waals surface area contributed by atoms with E-state index in [1.165, 1.54) is 0 Å². The number of carboxylic acids is 1. The van der Waals surface area contributed by atoms with Gasteiger partial charge in [0.05, 0.1) is 19.3 Å². The molecule has 186 valence electrons. The fourth-order valence-electron chi connectivity index (χ4n) is 5.02. The van der Waals surface area contributed by atoms with Crippen LogP contribution in [0.1, 0.15) is 49.7 Å². The average molecular weight is 481 g/mol. The van der Waals surface area contributed by atoms with Crippen molar-refractivity contribution in [2.75, 3.05) is 19.8 Å². The molecule has 8 nitrogen and oxygen atoms in total. The molecule has 2 amide bonds. The number of aliphatic carboxylic acids is 1. The molecule has 1 aliphatic heterocycles. The lowest BCUT2D eigenvalue weighted by atomic mass is 9.97. The van der Waals surface area contributed by atoms with Crippen molar-refractivity contribution in [1.82, 2.24) is 10.6 Å². The molecule has 1 heterocycles. The first kappa shape index (κ1) is 24.7. The number of benzene rings is 2. The molecule has 0 spiro atoms. The van der Waals surface area contributed by atoms with Gasteiger partial charge in [-0.15, -0.1) is 0 Å². The van der Waals surface area contributed by atoms with Crippen LogP contribution in [0.25, 0.3) is 11.1 Å². The monoisotopic (exact) mass is 480 g/mol. The second kappa shape index (κ2) is 11.4. The van der Waals surface area contributed by atoms with Gasteiger partial charge in [0.2, 0.25) is 5.91 Å². The van der Waals surface area contributed by atoms with E-state index in [0.717, 1.165) is 35.1 Å². The lowest BCUT2D eigenvalue weighted by molar-refractivity contribution is -0.137.